The Morgan fingerprint density at radius 2 is 1.53 bits per heavy atom. The highest BCUT2D eigenvalue weighted by molar-refractivity contribution is 6.39. The number of ether oxygens (including phenoxy) is 5. The number of allylic oxidation sites excluding steroid dienone is 6. The maximum atomic E-state index is 14.4. The molecule has 4 rings (SSSR count). The highest BCUT2D eigenvalue weighted by Crippen LogP contribution is 2.41. The summed E-state index contributed by atoms with van der Waals surface area (Å²) in [5, 5.41) is 23.6. The number of hydrogen-bond acceptors (Lipinski definition) is 12. The summed E-state index contributed by atoms with van der Waals surface area (Å²) in [4.78, 5) is 72.3. The molecule has 66 heavy (non-hydrogen) atoms. The van der Waals surface area contributed by atoms with E-state index in [0.717, 1.165) is 31.3 Å². The van der Waals surface area contributed by atoms with Crippen molar-refractivity contribution in [2.75, 3.05) is 35.0 Å². The molecular formula is C53H83NO12. The molecule has 3 fully saturated rings. The molecule has 0 aromatic carbocycles. The van der Waals surface area contributed by atoms with Gasteiger partial charge in [-0.15, -0.1) is 0 Å². The predicted octanol–water partition coefficient (Wildman–Crippen LogP) is 7.50. The van der Waals surface area contributed by atoms with E-state index in [1.807, 2.05) is 58.1 Å². The summed E-state index contributed by atoms with van der Waals surface area (Å²) in [6, 6.07) is -1.07. The van der Waals surface area contributed by atoms with Crippen LogP contribution in [0.25, 0.3) is 0 Å². The van der Waals surface area contributed by atoms with Gasteiger partial charge in [-0.1, -0.05) is 71.1 Å². The van der Waals surface area contributed by atoms with E-state index in [4.69, 9.17) is 23.7 Å². The van der Waals surface area contributed by atoms with Gasteiger partial charge in [-0.2, -0.15) is 0 Å². The van der Waals surface area contributed by atoms with Crippen molar-refractivity contribution < 1.29 is 57.9 Å². The van der Waals surface area contributed by atoms with E-state index in [1.165, 1.54) is 12.0 Å². The number of aliphatic hydroxyl groups is 2. The van der Waals surface area contributed by atoms with Crippen molar-refractivity contribution in [2.45, 2.75) is 180 Å². The number of aliphatic hydroxyl groups excluding tert-OH is 1. The Kier molecular flexibility index (Phi) is 21.7. The van der Waals surface area contributed by atoms with Gasteiger partial charge in [0.2, 0.25) is 0 Å². The number of fused-ring (bicyclic) bond motifs is 3. The maximum Gasteiger partial charge on any atom is 0.329 e. The predicted molar refractivity (Wildman–Crippen MR) is 253 cm³/mol. The van der Waals surface area contributed by atoms with Crippen molar-refractivity contribution in [1.82, 2.24) is 4.90 Å². The number of amides is 1. The zero-order valence-corrected chi connectivity index (χ0v) is 41.9. The molecule has 15 atom stereocenters. The van der Waals surface area contributed by atoms with Crippen LogP contribution < -0.4 is 0 Å². The highest BCUT2D eigenvalue weighted by atomic mass is 16.5. The number of rotatable bonds is 7. The molecule has 13 nitrogen and oxygen atoms in total. The summed E-state index contributed by atoms with van der Waals surface area (Å²) in [7, 11) is 6.39. The van der Waals surface area contributed by atoms with Gasteiger partial charge in [0.1, 0.15) is 35.7 Å². The molecule has 2 aliphatic carbocycles. The lowest BCUT2D eigenvalue weighted by Crippen LogP contribution is -2.59. The molecule has 1 amide bonds. The van der Waals surface area contributed by atoms with Crippen LogP contribution in [0.1, 0.15) is 132 Å². The molecule has 0 aromatic rings. The molecule has 2 heterocycles. The van der Waals surface area contributed by atoms with Gasteiger partial charge in [0, 0.05) is 53.2 Å². The van der Waals surface area contributed by atoms with Gasteiger partial charge in [0.15, 0.2) is 5.78 Å². The zero-order valence-electron chi connectivity index (χ0n) is 41.9. The van der Waals surface area contributed by atoms with Gasteiger partial charge in [0.05, 0.1) is 18.3 Å². The van der Waals surface area contributed by atoms with E-state index in [2.05, 4.69) is 0 Å². The molecule has 2 aliphatic heterocycles. The van der Waals surface area contributed by atoms with Crippen LogP contribution in [-0.4, -0.2) is 128 Å². The molecule has 2 N–H and O–H groups in total. The van der Waals surface area contributed by atoms with Gasteiger partial charge in [-0.05, 0) is 132 Å². The van der Waals surface area contributed by atoms with E-state index in [9.17, 15) is 34.2 Å². The van der Waals surface area contributed by atoms with Crippen LogP contribution in [0.3, 0.4) is 0 Å². The molecule has 1 unspecified atom stereocenters. The lowest BCUT2D eigenvalue weighted by molar-refractivity contribution is -0.171. The third-order valence-corrected chi connectivity index (χ3v) is 15.4. The maximum absolute atomic E-state index is 14.4. The first-order valence-corrected chi connectivity index (χ1v) is 24.6. The number of Topliss-reactive ketones (excluding diaryl/α,β-unsaturated/α-hetero) is 3. The molecule has 0 spiro atoms. The number of ketones is 3. The molecule has 13 heteroatoms. The number of esters is 1. The highest BCUT2D eigenvalue weighted by Gasteiger charge is 2.51. The first-order chi connectivity index (χ1) is 31.3. The molecule has 0 radical (unpaired) electrons. The second-order valence-corrected chi connectivity index (χ2v) is 20.4. The number of carbonyl (C=O) groups excluding carboxylic acids is 5. The molecule has 2 saturated carbocycles. The second kappa shape index (κ2) is 25.9. The van der Waals surface area contributed by atoms with E-state index in [1.54, 1.807) is 48.2 Å². The van der Waals surface area contributed by atoms with Crippen molar-refractivity contribution in [3.05, 3.63) is 47.6 Å². The Morgan fingerprint density at radius 1 is 0.818 bits per heavy atom. The second-order valence-electron chi connectivity index (χ2n) is 20.4. The lowest BCUT2D eigenvalue weighted by atomic mass is 9.67. The summed E-state index contributed by atoms with van der Waals surface area (Å²) < 4.78 is 29.3. The average molecular weight is 926 g/mol. The van der Waals surface area contributed by atoms with E-state index in [0.29, 0.717) is 44.1 Å². The number of methoxy groups -OCH3 is 4. The molecule has 372 valence electrons. The lowest BCUT2D eigenvalue weighted by Gasteiger charge is -2.43. The summed E-state index contributed by atoms with van der Waals surface area (Å²) in [5.41, 5.74) is -0.545. The van der Waals surface area contributed by atoms with Gasteiger partial charge in [0.25, 0.3) is 11.7 Å². The van der Waals surface area contributed by atoms with Crippen molar-refractivity contribution in [2.24, 2.45) is 41.4 Å². The van der Waals surface area contributed by atoms with Crippen LogP contribution in [0.4, 0.5) is 0 Å². The van der Waals surface area contributed by atoms with Crippen molar-refractivity contribution in [1.29, 1.82) is 0 Å². The number of nitrogens with zero attached hydrogens (tertiary/aromatic N) is 1. The van der Waals surface area contributed by atoms with Crippen LogP contribution in [0.2, 0.25) is 0 Å². The fourth-order valence-corrected chi connectivity index (χ4v) is 10.9. The topological polar surface area (TPSA) is 175 Å². The fourth-order valence-electron chi connectivity index (χ4n) is 10.9. The third-order valence-electron chi connectivity index (χ3n) is 15.4. The van der Waals surface area contributed by atoms with Crippen LogP contribution in [0, 0.1) is 41.4 Å². The summed E-state index contributed by atoms with van der Waals surface area (Å²) in [6.45, 7) is 13.1. The van der Waals surface area contributed by atoms with Gasteiger partial charge < -0.3 is 38.8 Å². The van der Waals surface area contributed by atoms with Crippen LogP contribution >= 0.6 is 0 Å². The average Bonchev–Trinajstić information content (AvgIpc) is 3.30. The van der Waals surface area contributed by atoms with Gasteiger partial charge in [-0.25, -0.2) is 4.79 Å². The van der Waals surface area contributed by atoms with E-state index < -0.39 is 65.4 Å². The number of piperidine rings is 1. The normalized spacial score (nSPS) is 38.7. The standard InChI is InChI=1S/C53H83NO12/c1-32-17-13-12-14-18-33(2)44(63-9)29-40-21-20-38(7)53(61,31-40)50(58)51(59)54-24-16-15-19-41(54)52(60)66-45(35(4)27-39-22-23-43(62-8)46(28-39)64-10)30-42(55)34(3)26-37(6)48(57)49(65-11)47(56)36(5)25-32/h12-14,17-18,26,32,34-36,38-41,43-46,48-49,57,61H,15-16,19-25,27-31H2,1-11H3/b14-12?,17-13+,33-18?,37-26+/t32-,34-,35-,36-,38-,39?,40+,41+,43-,44+,45+,46-,48-,49+,53+/m1/s1. The smallest absolute Gasteiger partial charge is 0.329 e. The number of cyclic esters (lactones) is 1. The molecule has 0 aromatic heterocycles. The minimum Gasteiger partial charge on any atom is -0.460 e. The van der Waals surface area contributed by atoms with Crippen LogP contribution in [-0.2, 0) is 47.7 Å². The molecule has 2 bridgehead atoms. The fraction of sp³-hybridized carbons (Fsp3) is 0.755. The van der Waals surface area contributed by atoms with Crippen molar-refractivity contribution in [3.8, 4) is 0 Å². The SMILES string of the molecule is CO[C@H]1C[C@@H]2CC[C@@H](C)[C@@](O)(C2)C(=O)C(=O)N2CCCC[C@H]2C(=O)O[C@H]([C@H](C)CC2CC[C@@H](OC)[C@H](OC)C2)CC(=O)[C@H](C)/C=C(\C)[C@@H](O)[C@@H](OC)C(=O)[C@H](C)C[C@H](C)/C=C/C=CC=C1C. The number of carbonyl (C=O) groups is 5. The quantitative estimate of drug-likeness (QED) is 0.146. The van der Waals surface area contributed by atoms with Crippen molar-refractivity contribution in [3.63, 3.8) is 0 Å². The van der Waals surface area contributed by atoms with E-state index in [-0.39, 0.29) is 79.4 Å². The van der Waals surface area contributed by atoms with Crippen LogP contribution in [0.15, 0.2) is 47.6 Å². The summed E-state index contributed by atoms with van der Waals surface area (Å²) >= 11 is 0. The monoisotopic (exact) mass is 926 g/mol. The largest absolute Gasteiger partial charge is 0.460 e. The molecule has 1 saturated heterocycles. The Labute approximate surface area is 395 Å². The van der Waals surface area contributed by atoms with Gasteiger partial charge >= 0.3 is 5.97 Å². The Bertz CT molecular complexity index is 1770. The Hall–Kier alpha value is -3.33. The number of hydrogen-bond donors (Lipinski definition) is 2. The summed E-state index contributed by atoms with van der Waals surface area (Å²) in [6.07, 6.45) is 14.6. The third kappa shape index (κ3) is 14.4. The Morgan fingerprint density at radius 3 is 2.20 bits per heavy atom. The minimum atomic E-state index is -1.92. The van der Waals surface area contributed by atoms with E-state index >= 15 is 0 Å². The Balaban J connectivity index is 1.70. The van der Waals surface area contributed by atoms with Crippen molar-refractivity contribution >= 4 is 29.2 Å². The first kappa shape index (κ1) is 55.3. The molecule has 4 aliphatic rings. The summed E-state index contributed by atoms with van der Waals surface area (Å²) in [5.74, 6) is -4.69. The zero-order chi connectivity index (χ0) is 48.9. The molecular weight excluding hydrogens is 843 g/mol. The minimum absolute atomic E-state index is 0.0243. The van der Waals surface area contributed by atoms with Crippen LogP contribution in [0.5, 0.6) is 0 Å². The van der Waals surface area contributed by atoms with Gasteiger partial charge in [-0.3, -0.25) is 19.2 Å². The first-order valence-electron chi connectivity index (χ1n) is 24.6.